The second-order valence-electron chi connectivity index (χ2n) is 9.64. The molecule has 9 nitrogen and oxygen atoms in total. The minimum atomic E-state index is -2.55. The third kappa shape index (κ3) is 3.57. The van der Waals surface area contributed by atoms with Crippen LogP contribution in [0, 0.1) is 11.8 Å². The summed E-state index contributed by atoms with van der Waals surface area (Å²) >= 11 is 0. The molecule has 4 rings (SSSR count). The Labute approximate surface area is 202 Å². The molecule has 0 heterocycles. The van der Waals surface area contributed by atoms with E-state index in [1.165, 1.54) is 0 Å². The van der Waals surface area contributed by atoms with Gasteiger partial charge in [0.15, 0.2) is 11.4 Å². The highest BCUT2D eigenvalue weighted by Crippen LogP contribution is 2.52. The summed E-state index contributed by atoms with van der Waals surface area (Å²) in [5, 5.41) is 44.4. The van der Waals surface area contributed by atoms with Gasteiger partial charge in [-0.25, -0.2) is 0 Å². The Bertz CT molecular complexity index is 1230. The van der Waals surface area contributed by atoms with Gasteiger partial charge in [0.25, 0.3) is 5.91 Å². The van der Waals surface area contributed by atoms with E-state index in [4.69, 9.17) is 5.73 Å². The molecule has 0 unspecified atom stereocenters. The highest BCUT2D eigenvalue weighted by atomic mass is 16.3. The number of primary amides is 1. The van der Waals surface area contributed by atoms with Crippen LogP contribution in [0.25, 0.3) is 5.76 Å². The minimum Gasteiger partial charge on any atom is -0.508 e. The molecule has 1 fully saturated rings. The fourth-order valence-electron chi connectivity index (χ4n) is 5.84. The Hall–Kier alpha value is -3.43. The van der Waals surface area contributed by atoms with Gasteiger partial charge >= 0.3 is 0 Å². The van der Waals surface area contributed by atoms with Crippen LogP contribution in [0.3, 0.4) is 0 Å². The molecular formula is C26H30N2O7. The number of aryl methyl sites for hydroxylation is 1. The number of benzene rings is 1. The molecule has 1 amide bonds. The van der Waals surface area contributed by atoms with Gasteiger partial charge in [-0.15, -0.1) is 6.58 Å². The predicted octanol–water partition coefficient (Wildman–Crippen LogP) is 1.60. The molecule has 3 atom stereocenters. The second kappa shape index (κ2) is 8.66. The molecular weight excluding hydrogens is 452 g/mol. The summed E-state index contributed by atoms with van der Waals surface area (Å²) in [6.07, 6.45) is 2.46. The quantitative estimate of drug-likeness (QED) is 0.302. The van der Waals surface area contributed by atoms with E-state index >= 15 is 0 Å². The number of carbonyl (C=O) groups excluding carboxylic acids is 3. The molecule has 186 valence electrons. The van der Waals surface area contributed by atoms with Gasteiger partial charge in [0.05, 0.1) is 5.56 Å². The van der Waals surface area contributed by atoms with Crippen LogP contribution in [0.15, 0.2) is 35.6 Å². The number of aliphatic hydroxyl groups excluding tert-OH is 2. The van der Waals surface area contributed by atoms with Crippen molar-refractivity contribution in [2.45, 2.75) is 44.8 Å². The first kappa shape index (κ1) is 24.7. The number of Topliss-reactive ketones (excluding diaryl/α,β-unsaturated/α-hetero) is 2. The summed E-state index contributed by atoms with van der Waals surface area (Å²) in [7, 11) is 1.86. The molecule has 0 aromatic heterocycles. The smallest absolute Gasteiger partial charge is 0.255 e. The lowest BCUT2D eigenvalue weighted by molar-refractivity contribution is -0.147. The van der Waals surface area contributed by atoms with Gasteiger partial charge in [-0.1, -0.05) is 19.1 Å². The highest BCUT2D eigenvalue weighted by Gasteiger charge is 2.60. The van der Waals surface area contributed by atoms with Gasteiger partial charge in [-0.3, -0.25) is 19.3 Å². The van der Waals surface area contributed by atoms with Crippen molar-refractivity contribution < 1.29 is 34.8 Å². The number of hydrogen-bond acceptors (Lipinski definition) is 8. The van der Waals surface area contributed by atoms with Crippen molar-refractivity contribution in [1.29, 1.82) is 0 Å². The Morgan fingerprint density at radius 3 is 2.54 bits per heavy atom. The molecule has 9 heteroatoms. The first-order valence-electron chi connectivity index (χ1n) is 11.6. The van der Waals surface area contributed by atoms with E-state index in [0.717, 1.165) is 5.56 Å². The topological polar surface area (TPSA) is 161 Å². The average Bonchev–Trinajstić information content (AvgIpc) is 2.78. The van der Waals surface area contributed by atoms with Crippen molar-refractivity contribution in [2.24, 2.45) is 17.6 Å². The number of carbonyl (C=O) groups is 3. The summed E-state index contributed by atoms with van der Waals surface area (Å²) < 4.78 is 0. The normalized spacial score (nSPS) is 25.9. The van der Waals surface area contributed by atoms with E-state index < -0.39 is 52.0 Å². The van der Waals surface area contributed by atoms with Crippen LogP contribution in [-0.2, 0) is 33.8 Å². The van der Waals surface area contributed by atoms with E-state index in [1.807, 2.05) is 24.9 Å². The van der Waals surface area contributed by atoms with E-state index in [1.54, 1.807) is 6.08 Å². The summed E-state index contributed by atoms with van der Waals surface area (Å²) in [5.74, 6) is -6.15. The molecule has 3 aliphatic rings. The number of likely N-dealkylation sites (N-methyl/N-ethyl adjacent to an activating group) is 1. The number of nitrogens with two attached hydrogens (primary N) is 1. The van der Waals surface area contributed by atoms with E-state index in [-0.39, 0.29) is 29.7 Å². The molecule has 0 radical (unpaired) electrons. The second-order valence-corrected chi connectivity index (χ2v) is 9.64. The van der Waals surface area contributed by atoms with Crippen molar-refractivity contribution in [3.8, 4) is 5.75 Å². The van der Waals surface area contributed by atoms with Gasteiger partial charge in [-0.2, -0.15) is 0 Å². The van der Waals surface area contributed by atoms with Gasteiger partial charge in [0.2, 0.25) is 5.78 Å². The fourth-order valence-corrected chi connectivity index (χ4v) is 5.84. The lowest BCUT2D eigenvalue weighted by Gasteiger charge is -2.46. The van der Waals surface area contributed by atoms with Crippen LogP contribution in [0.2, 0.25) is 0 Å². The van der Waals surface area contributed by atoms with Gasteiger partial charge < -0.3 is 26.2 Å². The summed E-state index contributed by atoms with van der Waals surface area (Å²) in [4.78, 5) is 39.7. The molecule has 0 aliphatic heterocycles. The number of nitrogens with zero attached hydrogens (tertiary/aromatic N) is 1. The Morgan fingerprint density at radius 2 is 1.94 bits per heavy atom. The van der Waals surface area contributed by atoms with Gasteiger partial charge in [-0.05, 0) is 43.4 Å². The van der Waals surface area contributed by atoms with E-state index in [2.05, 4.69) is 6.58 Å². The largest absolute Gasteiger partial charge is 0.508 e. The average molecular weight is 483 g/mol. The lowest BCUT2D eigenvalue weighted by Crippen LogP contribution is -2.58. The Balaban J connectivity index is 1.90. The zero-order valence-electron chi connectivity index (χ0n) is 19.8. The summed E-state index contributed by atoms with van der Waals surface area (Å²) in [6, 6.07) is 1.89. The number of rotatable bonds is 6. The van der Waals surface area contributed by atoms with Crippen molar-refractivity contribution >= 4 is 23.2 Å². The maximum atomic E-state index is 13.6. The zero-order valence-corrected chi connectivity index (χ0v) is 19.8. The Morgan fingerprint density at radius 1 is 1.26 bits per heavy atom. The number of fused-ring (bicyclic) bond motifs is 3. The maximum Gasteiger partial charge on any atom is 0.255 e. The molecule has 1 aromatic rings. The molecule has 1 saturated carbocycles. The van der Waals surface area contributed by atoms with Crippen molar-refractivity contribution in [3.05, 3.63) is 57.9 Å². The molecule has 1 aromatic carbocycles. The Kier molecular flexibility index (Phi) is 6.11. The number of amides is 1. The van der Waals surface area contributed by atoms with Crippen LogP contribution in [-0.4, -0.2) is 62.0 Å². The van der Waals surface area contributed by atoms with Gasteiger partial charge in [0, 0.05) is 36.6 Å². The van der Waals surface area contributed by atoms with Crippen molar-refractivity contribution in [3.63, 3.8) is 0 Å². The summed E-state index contributed by atoms with van der Waals surface area (Å²) in [5.41, 5.74) is 4.07. The van der Waals surface area contributed by atoms with E-state index in [0.29, 0.717) is 37.1 Å². The maximum absolute atomic E-state index is 13.6. The third-order valence-electron chi connectivity index (χ3n) is 7.50. The zero-order chi connectivity index (χ0) is 25.8. The summed E-state index contributed by atoms with van der Waals surface area (Å²) in [6.45, 7) is 6.62. The standard InChI is InChI=1S/C26H30N2O7/c1-4-6-28(3)11-14-7-12(5-2)16-9-13-8-15-10-17(29)20(25(27)34)24(33)26(15,35)23(32)18(13)22(31)19(16)21(14)30/h4,7,13,15,30-31,33,35H,1,5-6,8-11H2,2-3H3,(H2,27,34)/t13-,15+,26+/m1/s1. The monoisotopic (exact) mass is 482 g/mol. The number of hydrogen-bond donors (Lipinski definition) is 5. The molecule has 35 heavy (non-hydrogen) atoms. The molecule has 3 aliphatic carbocycles. The van der Waals surface area contributed by atoms with Crippen LogP contribution in [0.5, 0.6) is 5.75 Å². The number of phenolic OH excluding ortho intramolecular Hbond substituents is 1. The van der Waals surface area contributed by atoms with Crippen molar-refractivity contribution in [2.75, 3.05) is 13.6 Å². The van der Waals surface area contributed by atoms with Crippen LogP contribution in [0.1, 0.15) is 42.0 Å². The van der Waals surface area contributed by atoms with Crippen LogP contribution in [0.4, 0.5) is 0 Å². The first-order chi connectivity index (χ1) is 16.5. The highest BCUT2D eigenvalue weighted by molar-refractivity contribution is 6.22. The lowest BCUT2D eigenvalue weighted by atomic mass is 9.59. The number of ketones is 2. The molecule has 0 spiro atoms. The number of aliphatic hydroxyl groups is 3. The molecule has 0 saturated heterocycles. The van der Waals surface area contributed by atoms with Crippen molar-refractivity contribution in [1.82, 2.24) is 4.90 Å². The molecule has 6 N–H and O–H groups in total. The van der Waals surface area contributed by atoms with Gasteiger partial charge in [0.1, 0.15) is 22.8 Å². The molecule has 0 bridgehead atoms. The van der Waals surface area contributed by atoms with E-state index in [9.17, 15) is 34.8 Å². The van der Waals surface area contributed by atoms with Crippen LogP contribution >= 0.6 is 0 Å². The first-order valence-corrected chi connectivity index (χ1v) is 11.6. The minimum absolute atomic E-state index is 0.122. The fraction of sp³-hybridized carbons (Fsp3) is 0.423. The number of phenols is 1. The van der Waals surface area contributed by atoms with Crippen LogP contribution < -0.4 is 5.73 Å². The SMILES string of the molecule is C=CCN(C)Cc1cc(CC)c2c(c1O)C(O)=C1C(=O)[C@]3(O)C(O)=C(C(N)=O)C(=O)C[C@@H]3C[C@@H]1C2. The predicted molar refractivity (Wildman–Crippen MR) is 127 cm³/mol. The third-order valence-corrected chi connectivity index (χ3v) is 7.50. The number of aromatic hydroxyl groups is 1.